The SMILES string of the molecule is Clc1c(-c2nnc(SC[C@H]3CCCO3)o2)sc2ccccc12. The molecule has 1 aromatic carbocycles. The van der Waals surface area contributed by atoms with Gasteiger partial charge in [0.25, 0.3) is 11.1 Å². The number of ether oxygens (including phenoxy) is 1. The molecule has 1 aliphatic heterocycles. The van der Waals surface area contributed by atoms with Crippen molar-refractivity contribution in [2.45, 2.75) is 24.2 Å². The summed E-state index contributed by atoms with van der Waals surface area (Å²) in [5.74, 6) is 1.34. The Morgan fingerprint density at radius 1 is 1.32 bits per heavy atom. The molecule has 1 aliphatic rings. The normalized spacial score (nSPS) is 18.3. The summed E-state index contributed by atoms with van der Waals surface area (Å²) in [5, 5.41) is 10.5. The second-order valence-electron chi connectivity index (χ2n) is 5.06. The van der Waals surface area contributed by atoms with Gasteiger partial charge >= 0.3 is 0 Å². The van der Waals surface area contributed by atoms with E-state index in [1.807, 2.05) is 24.3 Å². The molecule has 0 unspecified atom stereocenters. The Morgan fingerprint density at radius 2 is 2.23 bits per heavy atom. The van der Waals surface area contributed by atoms with Gasteiger partial charge in [0.2, 0.25) is 0 Å². The lowest BCUT2D eigenvalue weighted by atomic mass is 10.2. The van der Waals surface area contributed by atoms with Crippen molar-refractivity contribution in [3.8, 4) is 10.8 Å². The maximum Gasteiger partial charge on any atom is 0.276 e. The second kappa shape index (κ2) is 6.20. The van der Waals surface area contributed by atoms with Gasteiger partial charge in [0, 0.05) is 22.4 Å². The molecule has 0 N–H and O–H groups in total. The van der Waals surface area contributed by atoms with Crippen LogP contribution in [-0.2, 0) is 4.74 Å². The number of fused-ring (bicyclic) bond motifs is 1. The Morgan fingerprint density at radius 3 is 3.05 bits per heavy atom. The third-order valence-electron chi connectivity index (χ3n) is 3.55. The standard InChI is InChI=1S/C15H13ClN2O2S2/c16-12-10-5-1-2-6-11(10)22-13(12)14-17-18-15(20-14)21-8-9-4-3-7-19-9/h1-2,5-6,9H,3-4,7-8H2/t9-/m1/s1. The highest BCUT2D eigenvalue weighted by Gasteiger charge is 2.20. The number of aromatic nitrogens is 2. The fraction of sp³-hybridized carbons (Fsp3) is 0.333. The molecule has 4 rings (SSSR count). The van der Waals surface area contributed by atoms with Crippen LogP contribution in [0.5, 0.6) is 0 Å². The predicted octanol–water partition coefficient (Wildman–Crippen LogP) is 4.88. The molecule has 7 heteroatoms. The van der Waals surface area contributed by atoms with Crippen molar-refractivity contribution in [1.29, 1.82) is 0 Å². The molecule has 22 heavy (non-hydrogen) atoms. The first-order chi connectivity index (χ1) is 10.8. The lowest BCUT2D eigenvalue weighted by Crippen LogP contribution is -2.07. The van der Waals surface area contributed by atoms with Gasteiger partial charge in [-0.15, -0.1) is 21.5 Å². The molecule has 1 fully saturated rings. The van der Waals surface area contributed by atoms with E-state index >= 15 is 0 Å². The first kappa shape index (κ1) is 14.5. The highest BCUT2D eigenvalue weighted by Crippen LogP contribution is 2.41. The fourth-order valence-corrected chi connectivity index (χ4v) is 4.71. The largest absolute Gasteiger partial charge is 0.410 e. The van der Waals surface area contributed by atoms with Crippen molar-refractivity contribution in [2.24, 2.45) is 0 Å². The Labute approximate surface area is 140 Å². The zero-order chi connectivity index (χ0) is 14.9. The molecule has 0 saturated carbocycles. The number of thiophene rings is 1. The van der Waals surface area contributed by atoms with Gasteiger partial charge in [0.15, 0.2) is 0 Å². The average Bonchev–Trinajstić information content (AvgIpc) is 3.25. The number of rotatable bonds is 4. The van der Waals surface area contributed by atoms with Crippen molar-refractivity contribution < 1.29 is 9.15 Å². The van der Waals surface area contributed by atoms with Gasteiger partial charge in [-0.1, -0.05) is 41.6 Å². The molecule has 3 heterocycles. The Hall–Kier alpha value is -1.08. The molecule has 2 aromatic heterocycles. The zero-order valence-corrected chi connectivity index (χ0v) is 14.0. The van der Waals surface area contributed by atoms with Crippen LogP contribution >= 0.6 is 34.7 Å². The van der Waals surface area contributed by atoms with E-state index in [1.165, 1.54) is 0 Å². The van der Waals surface area contributed by atoms with Crippen molar-refractivity contribution in [3.05, 3.63) is 29.3 Å². The summed E-state index contributed by atoms with van der Waals surface area (Å²) in [7, 11) is 0. The van der Waals surface area contributed by atoms with E-state index in [1.54, 1.807) is 23.1 Å². The molecule has 0 radical (unpaired) electrons. The molecule has 3 aromatic rings. The molecule has 1 atom stereocenters. The maximum atomic E-state index is 6.44. The molecular formula is C15H13ClN2O2S2. The molecule has 114 valence electrons. The Balaban J connectivity index is 1.55. The fourth-order valence-electron chi connectivity index (χ4n) is 2.45. The van der Waals surface area contributed by atoms with Crippen molar-refractivity contribution in [3.63, 3.8) is 0 Å². The van der Waals surface area contributed by atoms with Gasteiger partial charge in [0.05, 0.1) is 11.1 Å². The number of halogens is 1. The second-order valence-corrected chi connectivity index (χ2v) is 7.46. The van der Waals surface area contributed by atoms with E-state index in [9.17, 15) is 0 Å². The van der Waals surface area contributed by atoms with E-state index in [-0.39, 0.29) is 0 Å². The van der Waals surface area contributed by atoms with Crippen molar-refractivity contribution >= 4 is 44.8 Å². The van der Waals surface area contributed by atoms with Crippen molar-refractivity contribution in [1.82, 2.24) is 10.2 Å². The summed E-state index contributed by atoms with van der Waals surface area (Å²) in [5.41, 5.74) is 0. The smallest absolute Gasteiger partial charge is 0.276 e. The summed E-state index contributed by atoms with van der Waals surface area (Å²) in [6.45, 7) is 0.859. The highest BCUT2D eigenvalue weighted by atomic mass is 35.5. The topological polar surface area (TPSA) is 48.2 Å². The van der Waals surface area contributed by atoms with Crippen LogP contribution in [-0.4, -0.2) is 28.7 Å². The summed E-state index contributed by atoms with van der Waals surface area (Å²) in [4.78, 5) is 0.833. The highest BCUT2D eigenvalue weighted by molar-refractivity contribution is 7.99. The predicted molar refractivity (Wildman–Crippen MR) is 89.8 cm³/mol. The van der Waals surface area contributed by atoms with Crippen LogP contribution in [0.3, 0.4) is 0 Å². The minimum atomic E-state index is 0.299. The van der Waals surface area contributed by atoms with Crippen molar-refractivity contribution in [2.75, 3.05) is 12.4 Å². The van der Waals surface area contributed by atoms with Gasteiger partial charge in [-0.3, -0.25) is 0 Å². The summed E-state index contributed by atoms with van der Waals surface area (Å²) >= 11 is 9.55. The maximum absolute atomic E-state index is 6.44. The first-order valence-corrected chi connectivity index (χ1v) is 9.24. The number of hydrogen-bond donors (Lipinski definition) is 0. The quantitative estimate of drug-likeness (QED) is 0.626. The summed E-state index contributed by atoms with van der Waals surface area (Å²) < 4.78 is 12.5. The van der Waals surface area contributed by atoms with Crippen LogP contribution in [0.4, 0.5) is 0 Å². The third-order valence-corrected chi connectivity index (χ3v) is 6.17. The number of thioether (sulfide) groups is 1. The van der Waals surface area contributed by atoms with Crippen LogP contribution < -0.4 is 0 Å². The minimum Gasteiger partial charge on any atom is -0.410 e. The number of benzene rings is 1. The molecule has 0 spiro atoms. The lowest BCUT2D eigenvalue weighted by Gasteiger charge is -2.05. The molecule has 0 aliphatic carbocycles. The van der Waals surface area contributed by atoms with E-state index in [4.69, 9.17) is 20.8 Å². The van der Waals surface area contributed by atoms with Crippen LogP contribution in [0.2, 0.25) is 5.02 Å². The number of nitrogens with zero attached hydrogens (tertiary/aromatic N) is 2. The first-order valence-electron chi connectivity index (χ1n) is 7.06. The molecule has 1 saturated heterocycles. The minimum absolute atomic E-state index is 0.299. The third kappa shape index (κ3) is 2.76. The Kier molecular flexibility index (Phi) is 4.09. The summed E-state index contributed by atoms with van der Waals surface area (Å²) in [6.07, 6.45) is 2.54. The van der Waals surface area contributed by atoms with E-state index < -0.39 is 0 Å². The van der Waals surface area contributed by atoms with Crippen LogP contribution in [0.1, 0.15) is 12.8 Å². The summed E-state index contributed by atoms with van der Waals surface area (Å²) in [6, 6.07) is 8.01. The van der Waals surface area contributed by atoms with Crippen LogP contribution in [0, 0.1) is 0 Å². The van der Waals surface area contributed by atoms with Crippen LogP contribution in [0.25, 0.3) is 20.9 Å². The van der Waals surface area contributed by atoms with E-state index in [2.05, 4.69) is 10.2 Å². The average molecular weight is 353 g/mol. The molecule has 0 amide bonds. The van der Waals surface area contributed by atoms with Crippen LogP contribution in [0.15, 0.2) is 33.9 Å². The Bertz CT molecular complexity index is 796. The molecular weight excluding hydrogens is 340 g/mol. The van der Waals surface area contributed by atoms with Gasteiger partial charge in [0.1, 0.15) is 4.88 Å². The van der Waals surface area contributed by atoms with E-state index in [0.717, 1.165) is 40.2 Å². The van der Waals surface area contributed by atoms with Gasteiger partial charge in [-0.2, -0.15) is 0 Å². The molecule has 4 nitrogen and oxygen atoms in total. The monoisotopic (exact) mass is 352 g/mol. The number of hydrogen-bond acceptors (Lipinski definition) is 6. The van der Waals surface area contributed by atoms with Gasteiger partial charge in [-0.05, 0) is 18.9 Å². The van der Waals surface area contributed by atoms with Gasteiger partial charge in [-0.25, -0.2) is 0 Å². The molecule has 0 bridgehead atoms. The zero-order valence-electron chi connectivity index (χ0n) is 11.6. The lowest BCUT2D eigenvalue weighted by molar-refractivity contribution is 0.128. The van der Waals surface area contributed by atoms with Gasteiger partial charge < -0.3 is 9.15 Å². The van der Waals surface area contributed by atoms with E-state index in [0.29, 0.717) is 22.2 Å².